The summed E-state index contributed by atoms with van der Waals surface area (Å²) in [7, 11) is 1.54. The van der Waals surface area contributed by atoms with Gasteiger partial charge in [0.1, 0.15) is 0 Å². The number of rotatable bonds is 8. The predicted molar refractivity (Wildman–Crippen MR) is 121 cm³/mol. The lowest BCUT2D eigenvalue weighted by Gasteiger charge is -2.17. The number of benzene rings is 3. The number of hydrogen-bond donors (Lipinski definition) is 2. The Labute approximate surface area is 182 Å². The number of hydrogen-bond acceptors (Lipinski definition) is 4. The summed E-state index contributed by atoms with van der Waals surface area (Å²) in [6.45, 7) is 4.29. The highest BCUT2D eigenvalue weighted by Gasteiger charge is 2.15. The summed E-state index contributed by atoms with van der Waals surface area (Å²) in [5, 5.41) is 5.87. The molecular weight excluding hydrogens is 392 g/mol. The standard InChI is InChI=1S/C25H26N2O4/c1-4-31-22-14-13-20(16-23(22)30-3)25(29)26-17(2)19-11-8-12-21(15-19)27-24(28)18-9-6-5-7-10-18/h5-17H,4H2,1-3H3,(H,26,29)(H,27,28). The van der Waals surface area contributed by atoms with Crippen molar-refractivity contribution in [2.45, 2.75) is 19.9 Å². The summed E-state index contributed by atoms with van der Waals surface area (Å²) in [4.78, 5) is 25.1. The van der Waals surface area contributed by atoms with Gasteiger partial charge in [-0.15, -0.1) is 0 Å². The molecule has 6 nitrogen and oxygen atoms in total. The minimum Gasteiger partial charge on any atom is -0.493 e. The van der Waals surface area contributed by atoms with Gasteiger partial charge in [0.2, 0.25) is 0 Å². The number of amides is 2. The second kappa shape index (κ2) is 10.3. The lowest BCUT2D eigenvalue weighted by Crippen LogP contribution is -2.26. The first-order valence-corrected chi connectivity index (χ1v) is 10.1. The fourth-order valence-corrected chi connectivity index (χ4v) is 3.13. The topological polar surface area (TPSA) is 76.7 Å². The van der Waals surface area contributed by atoms with Crippen LogP contribution >= 0.6 is 0 Å². The van der Waals surface area contributed by atoms with Gasteiger partial charge in [-0.1, -0.05) is 30.3 Å². The molecule has 0 bridgehead atoms. The molecule has 0 fully saturated rings. The van der Waals surface area contributed by atoms with Gasteiger partial charge in [0.25, 0.3) is 11.8 Å². The SMILES string of the molecule is CCOc1ccc(C(=O)NC(C)c2cccc(NC(=O)c3ccccc3)c2)cc1OC. The molecule has 1 unspecified atom stereocenters. The monoisotopic (exact) mass is 418 g/mol. The molecule has 0 aliphatic rings. The molecule has 3 aromatic rings. The maximum Gasteiger partial charge on any atom is 0.255 e. The number of carbonyl (C=O) groups is 2. The maximum atomic E-state index is 12.7. The molecule has 0 aliphatic heterocycles. The summed E-state index contributed by atoms with van der Waals surface area (Å²) in [6.07, 6.45) is 0. The molecule has 6 heteroatoms. The van der Waals surface area contributed by atoms with Crippen molar-refractivity contribution < 1.29 is 19.1 Å². The fraction of sp³-hybridized carbons (Fsp3) is 0.200. The van der Waals surface area contributed by atoms with Gasteiger partial charge in [0.15, 0.2) is 11.5 Å². The molecule has 3 aromatic carbocycles. The lowest BCUT2D eigenvalue weighted by atomic mass is 10.1. The van der Waals surface area contributed by atoms with E-state index in [-0.39, 0.29) is 17.9 Å². The van der Waals surface area contributed by atoms with Crippen molar-refractivity contribution in [1.82, 2.24) is 5.32 Å². The zero-order valence-electron chi connectivity index (χ0n) is 17.8. The quantitative estimate of drug-likeness (QED) is 0.549. The van der Waals surface area contributed by atoms with Crippen LogP contribution in [0.15, 0.2) is 72.8 Å². The molecular formula is C25H26N2O4. The first-order chi connectivity index (χ1) is 15.0. The van der Waals surface area contributed by atoms with E-state index in [1.165, 1.54) is 7.11 Å². The zero-order chi connectivity index (χ0) is 22.2. The molecule has 0 spiro atoms. The number of methoxy groups -OCH3 is 1. The smallest absolute Gasteiger partial charge is 0.255 e. The first kappa shape index (κ1) is 21.9. The molecule has 0 saturated heterocycles. The summed E-state index contributed by atoms with van der Waals surface area (Å²) < 4.78 is 10.8. The van der Waals surface area contributed by atoms with Crippen molar-refractivity contribution in [1.29, 1.82) is 0 Å². The lowest BCUT2D eigenvalue weighted by molar-refractivity contribution is 0.0938. The molecule has 1 atom stereocenters. The van der Waals surface area contributed by atoms with Crippen molar-refractivity contribution in [2.24, 2.45) is 0 Å². The third kappa shape index (κ3) is 5.63. The van der Waals surface area contributed by atoms with Gasteiger partial charge in [-0.05, 0) is 61.9 Å². The third-order valence-corrected chi connectivity index (χ3v) is 4.75. The molecule has 31 heavy (non-hydrogen) atoms. The van der Waals surface area contributed by atoms with Crippen molar-refractivity contribution in [3.05, 3.63) is 89.5 Å². The van der Waals surface area contributed by atoms with E-state index in [0.717, 1.165) is 5.56 Å². The minimum absolute atomic E-state index is 0.184. The van der Waals surface area contributed by atoms with Crippen molar-refractivity contribution >= 4 is 17.5 Å². The summed E-state index contributed by atoms with van der Waals surface area (Å²) in [6, 6.07) is 21.2. The Kier molecular flexibility index (Phi) is 7.27. The van der Waals surface area contributed by atoms with E-state index >= 15 is 0 Å². The number of anilines is 1. The largest absolute Gasteiger partial charge is 0.493 e. The minimum atomic E-state index is -0.265. The second-order valence-corrected chi connectivity index (χ2v) is 6.94. The van der Waals surface area contributed by atoms with Crippen LogP contribution in [-0.2, 0) is 0 Å². The molecule has 3 rings (SSSR count). The second-order valence-electron chi connectivity index (χ2n) is 6.94. The molecule has 160 valence electrons. The van der Waals surface area contributed by atoms with Crippen LogP contribution in [0.2, 0.25) is 0 Å². The Hall–Kier alpha value is -3.80. The van der Waals surface area contributed by atoms with Crippen molar-refractivity contribution in [3.8, 4) is 11.5 Å². The Morgan fingerprint density at radius 3 is 2.35 bits per heavy atom. The van der Waals surface area contributed by atoms with Crippen LogP contribution in [0.3, 0.4) is 0 Å². The highest BCUT2D eigenvalue weighted by molar-refractivity contribution is 6.04. The number of ether oxygens (including phenoxy) is 2. The van der Waals surface area contributed by atoms with E-state index in [2.05, 4.69) is 10.6 Å². The average molecular weight is 418 g/mol. The summed E-state index contributed by atoms with van der Waals surface area (Å²) >= 11 is 0. The van der Waals surface area contributed by atoms with Gasteiger partial charge in [0, 0.05) is 16.8 Å². The Morgan fingerprint density at radius 1 is 0.871 bits per heavy atom. The maximum absolute atomic E-state index is 12.7. The predicted octanol–water partition coefficient (Wildman–Crippen LogP) is 4.84. The Bertz CT molecular complexity index is 1050. The van der Waals surface area contributed by atoms with Crippen molar-refractivity contribution in [3.63, 3.8) is 0 Å². The van der Waals surface area contributed by atoms with E-state index in [1.54, 1.807) is 30.3 Å². The fourth-order valence-electron chi connectivity index (χ4n) is 3.13. The third-order valence-electron chi connectivity index (χ3n) is 4.75. The van der Waals surface area contributed by atoms with Crippen LogP contribution in [0.4, 0.5) is 5.69 Å². The average Bonchev–Trinajstić information content (AvgIpc) is 2.80. The molecule has 0 heterocycles. The van der Waals surface area contributed by atoms with Gasteiger partial charge >= 0.3 is 0 Å². The van der Waals surface area contributed by atoms with Gasteiger partial charge in [-0.2, -0.15) is 0 Å². The van der Waals surface area contributed by atoms with E-state index in [9.17, 15) is 9.59 Å². The zero-order valence-corrected chi connectivity index (χ0v) is 17.8. The van der Waals surface area contributed by atoms with E-state index in [1.807, 2.05) is 56.3 Å². The Balaban J connectivity index is 1.69. The number of carbonyl (C=O) groups excluding carboxylic acids is 2. The van der Waals surface area contributed by atoms with Gasteiger partial charge in [-0.25, -0.2) is 0 Å². The summed E-state index contributed by atoms with van der Waals surface area (Å²) in [5.74, 6) is 0.688. The Morgan fingerprint density at radius 2 is 1.65 bits per heavy atom. The molecule has 0 aromatic heterocycles. The molecule has 0 radical (unpaired) electrons. The van der Waals surface area contributed by atoms with Crippen LogP contribution in [0, 0.1) is 0 Å². The van der Waals surface area contributed by atoms with E-state index in [4.69, 9.17) is 9.47 Å². The van der Waals surface area contributed by atoms with Crippen molar-refractivity contribution in [2.75, 3.05) is 19.0 Å². The number of nitrogens with one attached hydrogen (secondary N) is 2. The van der Waals surface area contributed by atoms with Crippen LogP contribution in [0.5, 0.6) is 11.5 Å². The van der Waals surface area contributed by atoms with Gasteiger partial charge in [0.05, 0.1) is 19.8 Å². The van der Waals surface area contributed by atoms with E-state index in [0.29, 0.717) is 34.9 Å². The molecule has 0 aliphatic carbocycles. The van der Waals surface area contributed by atoms with Crippen LogP contribution in [0.25, 0.3) is 0 Å². The molecule has 0 saturated carbocycles. The molecule has 2 amide bonds. The van der Waals surface area contributed by atoms with Crippen LogP contribution < -0.4 is 20.1 Å². The van der Waals surface area contributed by atoms with Crippen LogP contribution in [0.1, 0.15) is 46.2 Å². The first-order valence-electron chi connectivity index (χ1n) is 10.1. The van der Waals surface area contributed by atoms with E-state index < -0.39 is 0 Å². The van der Waals surface area contributed by atoms with Crippen LogP contribution in [-0.4, -0.2) is 25.5 Å². The highest BCUT2D eigenvalue weighted by Crippen LogP contribution is 2.28. The highest BCUT2D eigenvalue weighted by atomic mass is 16.5. The van der Waals surface area contributed by atoms with Gasteiger partial charge in [-0.3, -0.25) is 9.59 Å². The van der Waals surface area contributed by atoms with Gasteiger partial charge < -0.3 is 20.1 Å². The summed E-state index contributed by atoms with van der Waals surface area (Å²) in [5.41, 5.74) is 2.59. The molecule has 2 N–H and O–H groups in total. The normalized spacial score (nSPS) is 11.3.